The molecule has 0 amide bonds. The molecule has 1 aromatic carbocycles. The molecule has 0 nitrogen and oxygen atoms in total. The summed E-state index contributed by atoms with van der Waals surface area (Å²) in [5.41, 5.74) is 1.45. The summed E-state index contributed by atoms with van der Waals surface area (Å²) in [6.45, 7) is 4.48. The summed E-state index contributed by atoms with van der Waals surface area (Å²) in [4.78, 5) is 0. The van der Waals surface area contributed by atoms with Crippen LogP contribution in [0.3, 0.4) is 0 Å². The van der Waals surface area contributed by atoms with E-state index in [2.05, 4.69) is 60.1 Å². The number of alkyl halides is 1. The molecule has 0 aliphatic carbocycles. The molecule has 1 aromatic rings. The highest BCUT2D eigenvalue weighted by Gasteiger charge is 1.98. The van der Waals surface area contributed by atoms with Gasteiger partial charge in [-0.05, 0) is 23.7 Å². The minimum Gasteiger partial charge on any atom is -0.0966 e. The van der Waals surface area contributed by atoms with Crippen molar-refractivity contribution in [3.63, 3.8) is 0 Å². The molecule has 0 aliphatic heterocycles. The minimum absolute atomic E-state index is 0. The van der Waals surface area contributed by atoms with E-state index in [-0.39, 0.29) is 14.9 Å². The van der Waals surface area contributed by atoms with Crippen LogP contribution in [-0.4, -0.2) is 5.83 Å². The van der Waals surface area contributed by atoms with Crippen LogP contribution in [0.4, 0.5) is 0 Å². The Morgan fingerprint density at radius 1 is 1.07 bits per heavy atom. The van der Waals surface area contributed by atoms with Gasteiger partial charge in [-0.25, -0.2) is 0 Å². The van der Waals surface area contributed by atoms with E-state index in [1.54, 1.807) is 0 Å². The van der Waals surface area contributed by atoms with Crippen LogP contribution in [0.15, 0.2) is 30.3 Å². The lowest BCUT2D eigenvalue weighted by molar-refractivity contribution is 0.733. The van der Waals surface area contributed by atoms with Gasteiger partial charge >= 0.3 is 0 Å². The molecule has 1 rings (SSSR count). The molecule has 14 heavy (non-hydrogen) atoms. The van der Waals surface area contributed by atoms with Crippen molar-refractivity contribution in [2.75, 3.05) is 5.83 Å². The van der Waals surface area contributed by atoms with Crippen molar-refractivity contribution in [2.24, 2.45) is 0 Å². The molecule has 1 unspecified atom stereocenters. The monoisotopic (exact) mass is 260 g/mol. The van der Waals surface area contributed by atoms with Crippen molar-refractivity contribution in [1.29, 1.82) is 0 Å². The summed E-state index contributed by atoms with van der Waals surface area (Å²) in [6, 6.07) is 10.6. The number of benzene rings is 1. The molecule has 0 bridgehead atoms. The Kier molecular flexibility index (Phi) is 17.5. The van der Waals surface area contributed by atoms with Gasteiger partial charge in [0.25, 0.3) is 0 Å². The molecule has 0 saturated carbocycles. The third kappa shape index (κ3) is 7.14. The van der Waals surface area contributed by atoms with Crippen molar-refractivity contribution < 1.29 is 0 Å². The minimum atomic E-state index is 0. The molecule has 0 fully saturated rings. The number of rotatable bonds is 2. The first kappa shape index (κ1) is 19.3. The van der Waals surface area contributed by atoms with E-state index < -0.39 is 0 Å². The topological polar surface area (TPSA) is 0 Å². The molecule has 0 aromatic heterocycles. The van der Waals surface area contributed by atoms with Crippen LogP contribution in [0, 0.1) is 0 Å². The van der Waals surface area contributed by atoms with Crippen LogP contribution in [0.25, 0.3) is 0 Å². The smallest absolute Gasteiger partial charge is 0.00848 e. The molecule has 0 heterocycles. The van der Waals surface area contributed by atoms with E-state index >= 15 is 0 Å². The Labute approximate surface area is 98.9 Å². The third-order valence-electron chi connectivity index (χ3n) is 1.98. The van der Waals surface area contributed by atoms with Gasteiger partial charge in [-0.1, -0.05) is 75.0 Å². The molecule has 0 N–H and O–H groups in total. The van der Waals surface area contributed by atoms with Crippen LogP contribution in [0.2, 0.25) is 0 Å². The fourth-order valence-corrected chi connectivity index (χ4v) is 1.02. The summed E-state index contributed by atoms with van der Waals surface area (Å²) in [5, 5.41) is 0. The average molecular weight is 261 g/mol. The molecule has 0 spiro atoms. The lowest BCUT2D eigenvalue weighted by atomic mass is 9.99. The molecular formula is C13H25Br. The van der Waals surface area contributed by atoms with Crippen molar-refractivity contribution in [3.8, 4) is 0 Å². The SMILES string of the molecule is C.C.CBr.CCC(C)c1ccccc1. The summed E-state index contributed by atoms with van der Waals surface area (Å²) < 4.78 is 0. The Balaban J connectivity index is -0.000000284. The first-order valence-electron chi connectivity index (χ1n) is 4.27. The molecule has 1 atom stereocenters. The predicted molar refractivity (Wildman–Crippen MR) is 73.5 cm³/mol. The molecular weight excluding hydrogens is 236 g/mol. The van der Waals surface area contributed by atoms with Crippen molar-refractivity contribution >= 4 is 15.9 Å². The zero-order valence-corrected chi connectivity index (χ0v) is 9.64. The molecule has 0 saturated heterocycles. The summed E-state index contributed by atoms with van der Waals surface area (Å²) in [7, 11) is 0. The van der Waals surface area contributed by atoms with E-state index in [1.165, 1.54) is 12.0 Å². The van der Waals surface area contributed by atoms with Gasteiger partial charge in [0.1, 0.15) is 0 Å². The van der Waals surface area contributed by atoms with Crippen LogP contribution in [0.5, 0.6) is 0 Å². The molecule has 84 valence electrons. The largest absolute Gasteiger partial charge is 0.0966 e. The van der Waals surface area contributed by atoms with Gasteiger partial charge < -0.3 is 0 Å². The molecule has 0 aliphatic rings. The third-order valence-corrected chi connectivity index (χ3v) is 1.98. The fourth-order valence-electron chi connectivity index (χ4n) is 1.02. The Hall–Kier alpha value is -0.300. The van der Waals surface area contributed by atoms with Gasteiger partial charge in [-0.15, -0.1) is 0 Å². The van der Waals surface area contributed by atoms with Crippen molar-refractivity contribution in [3.05, 3.63) is 35.9 Å². The van der Waals surface area contributed by atoms with Crippen LogP contribution >= 0.6 is 15.9 Å². The first-order chi connectivity index (χ1) is 5.84. The van der Waals surface area contributed by atoms with Crippen LogP contribution in [0.1, 0.15) is 46.6 Å². The molecule has 1 heteroatoms. The maximum atomic E-state index is 2.94. The number of hydrogen-bond donors (Lipinski definition) is 0. The van der Waals surface area contributed by atoms with Crippen LogP contribution in [-0.2, 0) is 0 Å². The van der Waals surface area contributed by atoms with Gasteiger partial charge in [0.05, 0.1) is 0 Å². The van der Waals surface area contributed by atoms with E-state index in [9.17, 15) is 0 Å². The highest BCUT2D eigenvalue weighted by Crippen LogP contribution is 2.16. The second-order valence-electron chi connectivity index (χ2n) is 2.72. The van der Waals surface area contributed by atoms with Gasteiger partial charge in [-0.2, -0.15) is 0 Å². The van der Waals surface area contributed by atoms with E-state index in [0.29, 0.717) is 5.92 Å². The quantitative estimate of drug-likeness (QED) is 0.618. The summed E-state index contributed by atoms with van der Waals surface area (Å²) in [6.07, 6.45) is 1.23. The maximum Gasteiger partial charge on any atom is -0.00848 e. The second kappa shape index (κ2) is 12.7. The van der Waals surface area contributed by atoms with Gasteiger partial charge in [0.2, 0.25) is 0 Å². The van der Waals surface area contributed by atoms with Gasteiger partial charge in [-0.3, -0.25) is 0 Å². The number of hydrogen-bond acceptors (Lipinski definition) is 0. The van der Waals surface area contributed by atoms with Gasteiger partial charge in [0.15, 0.2) is 0 Å². The first-order valence-corrected chi connectivity index (χ1v) is 5.86. The van der Waals surface area contributed by atoms with Crippen molar-refractivity contribution in [2.45, 2.75) is 41.0 Å². The lowest BCUT2D eigenvalue weighted by Crippen LogP contribution is -1.88. The zero-order chi connectivity index (χ0) is 9.40. The Morgan fingerprint density at radius 2 is 1.50 bits per heavy atom. The van der Waals surface area contributed by atoms with Gasteiger partial charge in [0, 0.05) is 0 Å². The molecule has 0 radical (unpaired) electrons. The number of halogens is 1. The summed E-state index contributed by atoms with van der Waals surface area (Å²) in [5.74, 6) is 2.52. The highest BCUT2D eigenvalue weighted by molar-refractivity contribution is 9.08. The highest BCUT2D eigenvalue weighted by atomic mass is 79.9. The van der Waals surface area contributed by atoms with Crippen molar-refractivity contribution in [1.82, 2.24) is 0 Å². The Bertz CT molecular complexity index is 182. The maximum absolute atomic E-state index is 2.94. The Morgan fingerprint density at radius 3 is 1.86 bits per heavy atom. The van der Waals surface area contributed by atoms with E-state index in [4.69, 9.17) is 0 Å². The zero-order valence-electron chi connectivity index (χ0n) is 8.05. The predicted octanol–water partition coefficient (Wildman–Crippen LogP) is 5.48. The standard InChI is InChI=1S/C10H14.CH3Br.2CH4/c1-3-9(2)10-7-5-4-6-8-10;1-2;;/h4-9H,3H2,1-2H3;1H3;2*1H4. The second-order valence-corrected chi connectivity index (χ2v) is 2.72. The average Bonchev–Trinajstić information content (AvgIpc) is 2.21. The normalized spacial score (nSPS) is 9.71. The van der Waals surface area contributed by atoms with E-state index in [0.717, 1.165) is 0 Å². The summed E-state index contributed by atoms with van der Waals surface area (Å²) >= 11 is 2.94. The van der Waals surface area contributed by atoms with E-state index in [1.807, 2.05) is 5.83 Å². The van der Waals surface area contributed by atoms with Crippen LogP contribution < -0.4 is 0 Å². The fraction of sp³-hybridized carbons (Fsp3) is 0.538. The lowest BCUT2D eigenvalue weighted by Gasteiger charge is -2.06.